The Hall–Kier alpha value is -3.39. The smallest absolute Gasteiger partial charge is 0.266 e. The van der Waals surface area contributed by atoms with Crippen LogP contribution < -0.4 is 13.9 Å². The van der Waals surface area contributed by atoms with Crippen LogP contribution in [-0.2, 0) is 14.8 Å². The fraction of sp³-hybridized carbons (Fsp3) is 0.217. The van der Waals surface area contributed by atoms with Gasteiger partial charge in [-0.25, -0.2) is 8.42 Å². The van der Waals surface area contributed by atoms with Crippen LogP contribution in [0.4, 0.5) is 11.4 Å². The standard InChI is InChI=1S/C23H25N3O4S/c1-18(2)26(20-8-5-4-6-9-20)23(27)17-25(19-11-13-21(30-3)14-12-19)31(28,29)22-10-7-15-24-16-22/h4-16,18H,17H2,1-3H3. The fourth-order valence-electron chi connectivity index (χ4n) is 3.21. The lowest BCUT2D eigenvalue weighted by atomic mass is 10.2. The van der Waals surface area contributed by atoms with Crippen molar-refractivity contribution in [3.05, 3.63) is 79.1 Å². The van der Waals surface area contributed by atoms with Gasteiger partial charge in [0.05, 0.1) is 12.8 Å². The lowest BCUT2D eigenvalue weighted by Crippen LogP contribution is -2.46. The third-order valence-electron chi connectivity index (χ3n) is 4.68. The van der Waals surface area contributed by atoms with Crippen LogP contribution >= 0.6 is 0 Å². The minimum absolute atomic E-state index is 0.00873. The number of carbonyl (C=O) groups excluding carboxylic acids is 1. The van der Waals surface area contributed by atoms with Crippen LogP contribution in [0, 0.1) is 0 Å². The topological polar surface area (TPSA) is 79.8 Å². The molecule has 8 heteroatoms. The number of pyridine rings is 1. The maximum absolute atomic E-state index is 13.4. The molecule has 0 bridgehead atoms. The summed E-state index contributed by atoms with van der Waals surface area (Å²) in [5.74, 6) is 0.242. The molecule has 3 rings (SSSR count). The first-order valence-electron chi connectivity index (χ1n) is 9.78. The van der Waals surface area contributed by atoms with E-state index in [-0.39, 0.29) is 23.4 Å². The lowest BCUT2D eigenvalue weighted by Gasteiger charge is -2.31. The first-order chi connectivity index (χ1) is 14.8. The first kappa shape index (κ1) is 22.3. The quantitative estimate of drug-likeness (QED) is 0.534. The third-order valence-corrected chi connectivity index (χ3v) is 6.44. The largest absolute Gasteiger partial charge is 0.497 e. The molecule has 0 saturated heterocycles. The molecule has 162 valence electrons. The summed E-state index contributed by atoms with van der Waals surface area (Å²) in [5, 5.41) is 0. The summed E-state index contributed by atoms with van der Waals surface area (Å²) in [6, 6.07) is 18.6. The van der Waals surface area contributed by atoms with E-state index in [4.69, 9.17) is 4.74 Å². The number of rotatable bonds is 8. The monoisotopic (exact) mass is 439 g/mol. The molecule has 0 fully saturated rings. The molecule has 0 atom stereocenters. The molecule has 0 aliphatic rings. The van der Waals surface area contributed by atoms with E-state index in [0.29, 0.717) is 17.1 Å². The minimum Gasteiger partial charge on any atom is -0.497 e. The van der Waals surface area contributed by atoms with Gasteiger partial charge >= 0.3 is 0 Å². The molecule has 7 nitrogen and oxygen atoms in total. The van der Waals surface area contributed by atoms with Gasteiger partial charge in [0.25, 0.3) is 10.0 Å². The molecule has 0 saturated carbocycles. The molecule has 3 aromatic rings. The summed E-state index contributed by atoms with van der Waals surface area (Å²) in [4.78, 5) is 18.9. The Kier molecular flexibility index (Phi) is 6.91. The average Bonchev–Trinajstić information content (AvgIpc) is 2.78. The van der Waals surface area contributed by atoms with Gasteiger partial charge in [-0.1, -0.05) is 18.2 Å². The molecule has 31 heavy (non-hydrogen) atoms. The second kappa shape index (κ2) is 9.61. The normalized spacial score (nSPS) is 11.2. The number of sulfonamides is 1. The molecule has 0 unspecified atom stereocenters. The number of amides is 1. The Morgan fingerprint density at radius 3 is 2.19 bits per heavy atom. The Morgan fingerprint density at radius 2 is 1.65 bits per heavy atom. The highest BCUT2D eigenvalue weighted by Gasteiger charge is 2.30. The van der Waals surface area contributed by atoms with Crippen molar-refractivity contribution in [1.82, 2.24) is 4.98 Å². The van der Waals surface area contributed by atoms with Crippen molar-refractivity contribution >= 4 is 27.3 Å². The first-order valence-corrected chi connectivity index (χ1v) is 11.2. The van der Waals surface area contributed by atoms with Gasteiger partial charge in [0.15, 0.2) is 0 Å². The van der Waals surface area contributed by atoms with Crippen LogP contribution in [0.2, 0.25) is 0 Å². The second-order valence-corrected chi connectivity index (χ2v) is 8.95. The number of para-hydroxylation sites is 1. The summed E-state index contributed by atoms with van der Waals surface area (Å²) in [5.41, 5.74) is 1.06. The van der Waals surface area contributed by atoms with Crippen LogP contribution in [0.5, 0.6) is 5.75 Å². The van der Waals surface area contributed by atoms with Crippen molar-refractivity contribution < 1.29 is 17.9 Å². The fourth-order valence-corrected chi connectivity index (χ4v) is 4.59. The van der Waals surface area contributed by atoms with E-state index in [1.807, 2.05) is 44.2 Å². The predicted molar refractivity (Wildman–Crippen MR) is 121 cm³/mol. The summed E-state index contributed by atoms with van der Waals surface area (Å²) in [7, 11) is -2.50. The number of benzene rings is 2. The molecule has 1 aromatic heterocycles. The molecule has 1 amide bonds. The van der Waals surface area contributed by atoms with E-state index < -0.39 is 10.0 Å². The third kappa shape index (κ3) is 5.03. The number of carbonyl (C=O) groups is 1. The van der Waals surface area contributed by atoms with Gasteiger partial charge in [-0.2, -0.15) is 0 Å². The Labute approximate surface area is 183 Å². The summed E-state index contributed by atoms with van der Waals surface area (Å²) in [6.45, 7) is 3.41. The molecule has 0 aliphatic carbocycles. The number of anilines is 2. The Morgan fingerprint density at radius 1 is 0.968 bits per heavy atom. The van der Waals surface area contributed by atoms with Crippen molar-refractivity contribution in [2.24, 2.45) is 0 Å². The average molecular weight is 440 g/mol. The second-order valence-electron chi connectivity index (χ2n) is 7.09. The van der Waals surface area contributed by atoms with Crippen LogP contribution in [0.15, 0.2) is 84.0 Å². The van der Waals surface area contributed by atoms with E-state index >= 15 is 0 Å². The van der Waals surface area contributed by atoms with Crippen LogP contribution in [0.25, 0.3) is 0 Å². The molecular formula is C23H25N3O4S. The van der Waals surface area contributed by atoms with Crippen LogP contribution in [0.1, 0.15) is 13.8 Å². The molecule has 0 aliphatic heterocycles. The summed E-state index contributed by atoms with van der Waals surface area (Å²) in [6.07, 6.45) is 2.77. The van der Waals surface area contributed by atoms with Gasteiger partial charge in [-0.05, 0) is 62.4 Å². The van der Waals surface area contributed by atoms with E-state index in [2.05, 4.69) is 4.98 Å². The van der Waals surface area contributed by atoms with E-state index in [0.717, 1.165) is 4.31 Å². The van der Waals surface area contributed by atoms with Crippen molar-refractivity contribution in [3.8, 4) is 5.75 Å². The van der Waals surface area contributed by atoms with Crippen molar-refractivity contribution in [2.75, 3.05) is 22.9 Å². The number of methoxy groups -OCH3 is 1. The van der Waals surface area contributed by atoms with Crippen LogP contribution in [-0.4, -0.2) is 39.0 Å². The minimum atomic E-state index is -4.03. The zero-order valence-electron chi connectivity index (χ0n) is 17.7. The molecule has 1 heterocycles. The van der Waals surface area contributed by atoms with Gasteiger partial charge in [-0.3, -0.25) is 14.1 Å². The Balaban J connectivity index is 2.02. The molecule has 2 aromatic carbocycles. The maximum atomic E-state index is 13.4. The van der Waals surface area contributed by atoms with Crippen molar-refractivity contribution in [2.45, 2.75) is 24.8 Å². The highest BCUT2D eigenvalue weighted by molar-refractivity contribution is 7.92. The van der Waals surface area contributed by atoms with E-state index in [1.54, 1.807) is 35.2 Å². The van der Waals surface area contributed by atoms with E-state index in [9.17, 15) is 13.2 Å². The van der Waals surface area contributed by atoms with Gasteiger partial charge < -0.3 is 9.64 Å². The van der Waals surface area contributed by atoms with Gasteiger partial charge in [0, 0.05) is 24.1 Å². The highest BCUT2D eigenvalue weighted by Crippen LogP contribution is 2.26. The van der Waals surface area contributed by atoms with Crippen LogP contribution in [0.3, 0.4) is 0 Å². The SMILES string of the molecule is COc1ccc(N(CC(=O)N(c2ccccc2)C(C)C)S(=O)(=O)c2cccnc2)cc1. The Bertz CT molecular complexity index is 1100. The lowest BCUT2D eigenvalue weighted by molar-refractivity contribution is -0.117. The number of hydrogen-bond donors (Lipinski definition) is 0. The summed E-state index contributed by atoms with van der Waals surface area (Å²) < 4.78 is 33.1. The molecular weight excluding hydrogens is 414 g/mol. The number of ether oxygens (including phenoxy) is 1. The molecule has 0 spiro atoms. The number of hydrogen-bond acceptors (Lipinski definition) is 5. The van der Waals surface area contributed by atoms with Crippen molar-refractivity contribution in [1.29, 1.82) is 0 Å². The van der Waals surface area contributed by atoms with Gasteiger partial charge in [0.1, 0.15) is 17.2 Å². The number of aromatic nitrogens is 1. The maximum Gasteiger partial charge on any atom is 0.266 e. The van der Waals surface area contributed by atoms with Gasteiger partial charge in [-0.15, -0.1) is 0 Å². The molecule has 0 radical (unpaired) electrons. The molecule has 0 N–H and O–H groups in total. The summed E-state index contributed by atoms with van der Waals surface area (Å²) >= 11 is 0. The highest BCUT2D eigenvalue weighted by atomic mass is 32.2. The predicted octanol–water partition coefficient (Wildman–Crippen LogP) is 3.73. The zero-order chi connectivity index (χ0) is 22.4. The van der Waals surface area contributed by atoms with Gasteiger partial charge in [0.2, 0.25) is 5.91 Å². The zero-order valence-corrected chi connectivity index (χ0v) is 18.5. The van der Waals surface area contributed by atoms with E-state index in [1.165, 1.54) is 25.6 Å². The van der Waals surface area contributed by atoms with Crippen molar-refractivity contribution in [3.63, 3.8) is 0 Å². The number of nitrogens with zero attached hydrogens (tertiary/aromatic N) is 3.